The van der Waals surface area contributed by atoms with Crippen molar-refractivity contribution in [2.45, 2.75) is 27.3 Å². The van der Waals surface area contributed by atoms with Gasteiger partial charge in [0, 0.05) is 9.75 Å². The molecule has 0 saturated heterocycles. The number of thiophene rings is 1. The average molecular weight is 282 g/mol. The van der Waals surface area contributed by atoms with Crippen LogP contribution in [0.3, 0.4) is 0 Å². The fraction of sp³-hybridized carbons (Fsp3) is 0.333. The molecular formula is C12H14N2O2S2. The molecule has 2 rings (SSSR count). The van der Waals surface area contributed by atoms with Crippen molar-refractivity contribution >= 4 is 33.8 Å². The van der Waals surface area contributed by atoms with Crippen LogP contribution >= 0.6 is 22.9 Å². The maximum Gasteiger partial charge on any atom is 0.340 e. The fourth-order valence-electron chi connectivity index (χ4n) is 1.65. The second-order valence-electron chi connectivity index (χ2n) is 4.08. The van der Waals surface area contributed by atoms with E-state index in [0.29, 0.717) is 17.2 Å². The summed E-state index contributed by atoms with van der Waals surface area (Å²) < 4.78 is 4.07. The Morgan fingerprint density at radius 2 is 2.17 bits per heavy atom. The summed E-state index contributed by atoms with van der Waals surface area (Å²) >= 11 is 2.93. The molecular weight excluding hydrogens is 268 g/mol. The number of anilines is 1. The minimum atomic E-state index is -0.928. The summed E-state index contributed by atoms with van der Waals surface area (Å²) in [6.45, 7) is 6.52. The maximum absolute atomic E-state index is 11.1. The molecule has 2 aromatic heterocycles. The van der Waals surface area contributed by atoms with E-state index in [2.05, 4.69) is 29.6 Å². The second-order valence-corrected chi connectivity index (χ2v) is 6.20. The molecule has 96 valence electrons. The van der Waals surface area contributed by atoms with Gasteiger partial charge in [-0.3, -0.25) is 0 Å². The highest BCUT2D eigenvalue weighted by Gasteiger charge is 2.17. The Bertz CT molecular complexity index is 567. The zero-order chi connectivity index (χ0) is 13.3. The molecule has 0 atom stereocenters. The summed E-state index contributed by atoms with van der Waals surface area (Å²) in [5.74, 6) is -0.928. The molecule has 0 fully saturated rings. The third-order valence-electron chi connectivity index (χ3n) is 2.72. The zero-order valence-corrected chi connectivity index (χ0v) is 12.0. The van der Waals surface area contributed by atoms with Gasteiger partial charge in [-0.1, -0.05) is 0 Å². The lowest BCUT2D eigenvalue weighted by Crippen LogP contribution is -2.04. The molecule has 2 aromatic rings. The van der Waals surface area contributed by atoms with Gasteiger partial charge in [-0.15, -0.1) is 11.3 Å². The first-order valence-corrected chi connectivity index (χ1v) is 7.07. The second kappa shape index (κ2) is 5.07. The number of hydrogen-bond acceptors (Lipinski definition) is 5. The molecule has 0 spiro atoms. The number of rotatable bonds is 4. The van der Waals surface area contributed by atoms with Crippen molar-refractivity contribution in [1.82, 2.24) is 4.37 Å². The lowest BCUT2D eigenvalue weighted by atomic mass is 10.2. The number of aromatic nitrogens is 1. The van der Waals surface area contributed by atoms with Crippen molar-refractivity contribution in [3.05, 3.63) is 32.6 Å². The number of carboxylic acid groups (broad SMARTS) is 1. The maximum atomic E-state index is 11.1. The number of carboxylic acids is 1. The zero-order valence-electron chi connectivity index (χ0n) is 10.4. The summed E-state index contributed by atoms with van der Waals surface area (Å²) in [4.78, 5) is 13.6. The van der Waals surface area contributed by atoms with Crippen LogP contribution in [0.5, 0.6) is 0 Å². The molecule has 18 heavy (non-hydrogen) atoms. The number of aromatic carboxylic acids is 1. The van der Waals surface area contributed by atoms with Crippen LogP contribution in [0.15, 0.2) is 6.07 Å². The van der Waals surface area contributed by atoms with Crippen LogP contribution in [0.1, 0.15) is 31.4 Å². The van der Waals surface area contributed by atoms with Crippen molar-refractivity contribution in [3.63, 3.8) is 0 Å². The number of aryl methyl sites for hydroxylation is 3. The standard InChI is InChI=1S/C12H14N2O2S2/c1-6-4-9(17-8(6)3)5-13-11-10(12(15)16)7(2)14-18-11/h4,13H,5H2,1-3H3,(H,15,16). The number of nitrogens with zero attached hydrogens (tertiary/aromatic N) is 1. The molecule has 0 radical (unpaired) electrons. The molecule has 0 unspecified atom stereocenters. The van der Waals surface area contributed by atoms with Crippen LogP contribution in [-0.2, 0) is 6.54 Å². The quantitative estimate of drug-likeness (QED) is 0.901. The Morgan fingerprint density at radius 3 is 2.72 bits per heavy atom. The average Bonchev–Trinajstić information content (AvgIpc) is 2.80. The molecule has 0 bridgehead atoms. The topological polar surface area (TPSA) is 62.2 Å². The summed E-state index contributed by atoms with van der Waals surface area (Å²) in [6.07, 6.45) is 0. The third-order valence-corrected chi connectivity index (χ3v) is 4.77. The van der Waals surface area contributed by atoms with Crippen LogP contribution in [0, 0.1) is 20.8 Å². The first kappa shape index (κ1) is 13.0. The molecule has 0 aromatic carbocycles. The summed E-state index contributed by atoms with van der Waals surface area (Å²) in [7, 11) is 0. The Labute approximate surface area is 113 Å². The highest BCUT2D eigenvalue weighted by Crippen LogP contribution is 2.27. The van der Waals surface area contributed by atoms with Gasteiger partial charge in [0.05, 0.1) is 12.2 Å². The Hall–Kier alpha value is -1.40. The van der Waals surface area contributed by atoms with E-state index < -0.39 is 5.97 Å². The van der Waals surface area contributed by atoms with Gasteiger partial charge >= 0.3 is 5.97 Å². The molecule has 0 amide bonds. The van der Waals surface area contributed by atoms with Crippen LogP contribution in [-0.4, -0.2) is 15.4 Å². The van der Waals surface area contributed by atoms with Crippen molar-refractivity contribution < 1.29 is 9.90 Å². The van der Waals surface area contributed by atoms with Gasteiger partial charge in [0.1, 0.15) is 10.6 Å². The van der Waals surface area contributed by atoms with Crippen molar-refractivity contribution in [1.29, 1.82) is 0 Å². The summed E-state index contributed by atoms with van der Waals surface area (Å²) in [6, 6.07) is 2.13. The highest BCUT2D eigenvalue weighted by molar-refractivity contribution is 7.12. The normalized spacial score (nSPS) is 10.6. The Balaban J connectivity index is 2.13. The van der Waals surface area contributed by atoms with Crippen LogP contribution < -0.4 is 5.32 Å². The third kappa shape index (κ3) is 2.54. The number of hydrogen-bond donors (Lipinski definition) is 2. The largest absolute Gasteiger partial charge is 0.478 e. The van der Waals surface area contributed by atoms with Crippen molar-refractivity contribution in [2.24, 2.45) is 0 Å². The molecule has 2 N–H and O–H groups in total. The van der Waals surface area contributed by atoms with E-state index in [4.69, 9.17) is 5.11 Å². The van der Waals surface area contributed by atoms with Gasteiger partial charge in [0.2, 0.25) is 0 Å². The molecule has 2 heterocycles. The lowest BCUT2D eigenvalue weighted by molar-refractivity contribution is 0.0697. The number of carbonyl (C=O) groups is 1. The molecule has 0 aliphatic rings. The molecule has 0 saturated carbocycles. The highest BCUT2D eigenvalue weighted by atomic mass is 32.1. The van der Waals surface area contributed by atoms with Crippen molar-refractivity contribution in [2.75, 3.05) is 5.32 Å². The van der Waals surface area contributed by atoms with Gasteiger partial charge in [0.25, 0.3) is 0 Å². The van der Waals surface area contributed by atoms with E-state index >= 15 is 0 Å². The molecule has 0 aliphatic heterocycles. The minimum Gasteiger partial charge on any atom is -0.478 e. The van der Waals surface area contributed by atoms with E-state index in [1.807, 2.05) is 0 Å². The Kier molecular flexibility index (Phi) is 3.68. The van der Waals surface area contributed by atoms with E-state index in [1.54, 1.807) is 18.3 Å². The smallest absolute Gasteiger partial charge is 0.340 e. The van der Waals surface area contributed by atoms with E-state index in [9.17, 15) is 4.79 Å². The predicted octanol–water partition coefficient (Wildman–Crippen LogP) is 3.44. The van der Waals surface area contributed by atoms with Crippen LogP contribution in [0.25, 0.3) is 0 Å². The van der Waals surface area contributed by atoms with E-state index in [-0.39, 0.29) is 5.56 Å². The van der Waals surface area contributed by atoms with Gasteiger partial charge < -0.3 is 10.4 Å². The fourth-order valence-corrected chi connectivity index (χ4v) is 3.42. The van der Waals surface area contributed by atoms with E-state index in [1.165, 1.54) is 26.9 Å². The first-order chi connectivity index (χ1) is 8.49. The monoisotopic (exact) mass is 282 g/mol. The molecule has 6 heteroatoms. The summed E-state index contributed by atoms with van der Waals surface area (Å²) in [5.41, 5.74) is 2.12. The van der Waals surface area contributed by atoms with Crippen molar-refractivity contribution in [3.8, 4) is 0 Å². The molecule has 0 aliphatic carbocycles. The first-order valence-electron chi connectivity index (χ1n) is 5.48. The van der Waals surface area contributed by atoms with Gasteiger partial charge in [0.15, 0.2) is 0 Å². The SMILES string of the molecule is Cc1cc(CNc2snc(C)c2C(=O)O)sc1C. The number of nitrogens with one attached hydrogen (secondary N) is 1. The lowest BCUT2D eigenvalue weighted by Gasteiger charge is -2.02. The minimum absolute atomic E-state index is 0.282. The van der Waals surface area contributed by atoms with Crippen LogP contribution in [0.2, 0.25) is 0 Å². The van der Waals surface area contributed by atoms with E-state index in [0.717, 1.165) is 0 Å². The van der Waals surface area contributed by atoms with Gasteiger partial charge in [-0.25, -0.2) is 4.79 Å². The molecule has 4 nitrogen and oxygen atoms in total. The predicted molar refractivity (Wildman–Crippen MR) is 74.9 cm³/mol. The van der Waals surface area contributed by atoms with Crippen LogP contribution in [0.4, 0.5) is 5.00 Å². The Morgan fingerprint density at radius 1 is 1.44 bits per heavy atom. The summed E-state index contributed by atoms with van der Waals surface area (Å²) in [5, 5.41) is 12.9. The van der Waals surface area contributed by atoms with Gasteiger partial charge in [-0.05, 0) is 43.9 Å². The van der Waals surface area contributed by atoms with Gasteiger partial charge in [-0.2, -0.15) is 4.37 Å².